The average Bonchev–Trinajstić information content (AvgIpc) is 2.35. The van der Waals surface area contributed by atoms with Gasteiger partial charge in [-0.2, -0.15) is 0 Å². The van der Waals surface area contributed by atoms with Crippen LogP contribution in [0.15, 0.2) is 40.9 Å². The third-order valence-electron chi connectivity index (χ3n) is 2.42. The summed E-state index contributed by atoms with van der Waals surface area (Å²) in [5.74, 6) is 0. The number of hydrogen-bond donors (Lipinski definition) is 1. The summed E-state index contributed by atoms with van der Waals surface area (Å²) in [6.45, 7) is 0.649. The zero-order valence-corrected chi connectivity index (χ0v) is 13.0. The summed E-state index contributed by atoms with van der Waals surface area (Å²) in [6, 6.07) is 11.3. The molecule has 94 valence electrons. The van der Waals surface area contributed by atoms with Gasteiger partial charge in [0, 0.05) is 11.0 Å². The second-order valence-electron chi connectivity index (χ2n) is 3.70. The quantitative estimate of drug-likeness (QED) is 0.701. The fourth-order valence-electron chi connectivity index (χ4n) is 1.49. The standard InChI is InChI=1S/C13H9BrCl3N/c14-9-6-8(4-5-10(9)15)7-18-12-3-1-2-11(16)13(12)17/h1-6,18H,7H2. The molecule has 0 bridgehead atoms. The van der Waals surface area contributed by atoms with Gasteiger partial charge < -0.3 is 5.32 Å². The van der Waals surface area contributed by atoms with Crippen molar-refractivity contribution in [1.29, 1.82) is 0 Å². The van der Waals surface area contributed by atoms with Gasteiger partial charge in [0.05, 0.1) is 20.8 Å². The lowest BCUT2D eigenvalue weighted by atomic mass is 10.2. The van der Waals surface area contributed by atoms with E-state index in [1.54, 1.807) is 6.07 Å². The summed E-state index contributed by atoms with van der Waals surface area (Å²) in [7, 11) is 0. The first-order valence-corrected chi connectivity index (χ1v) is 7.12. The molecule has 0 unspecified atom stereocenters. The molecule has 0 saturated carbocycles. The first kappa shape index (κ1) is 14.0. The van der Waals surface area contributed by atoms with Crippen molar-refractivity contribution in [3.05, 3.63) is 61.5 Å². The highest BCUT2D eigenvalue weighted by atomic mass is 79.9. The van der Waals surface area contributed by atoms with Gasteiger partial charge in [-0.15, -0.1) is 0 Å². The maximum absolute atomic E-state index is 6.09. The van der Waals surface area contributed by atoms with Crippen molar-refractivity contribution >= 4 is 56.4 Å². The van der Waals surface area contributed by atoms with Crippen LogP contribution in [0.1, 0.15) is 5.56 Å². The molecule has 0 aliphatic heterocycles. The zero-order valence-electron chi connectivity index (χ0n) is 9.18. The Bertz CT molecular complexity index is 572. The minimum absolute atomic E-state index is 0.534. The molecule has 2 aromatic rings. The van der Waals surface area contributed by atoms with Crippen LogP contribution in [0.2, 0.25) is 15.1 Å². The van der Waals surface area contributed by atoms with E-state index in [1.807, 2.05) is 30.3 Å². The monoisotopic (exact) mass is 363 g/mol. The van der Waals surface area contributed by atoms with Crippen molar-refractivity contribution in [3.63, 3.8) is 0 Å². The summed E-state index contributed by atoms with van der Waals surface area (Å²) in [6.07, 6.45) is 0. The van der Waals surface area contributed by atoms with Crippen LogP contribution in [0.3, 0.4) is 0 Å². The second-order valence-corrected chi connectivity index (χ2v) is 5.75. The summed E-state index contributed by atoms with van der Waals surface area (Å²) in [5.41, 5.74) is 1.91. The van der Waals surface area contributed by atoms with Gasteiger partial charge >= 0.3 is 0 Å². The first-order chi connectivity index (χ1) is 8.58. The van der Waals surface area contributed by atoms with E-state index in [9.17, 15) is 0 Å². The van der Waals surface area contributed by atoms with Crippen molar-refractivity contribution < 1.29 is 0 Å². The van der Waals surface area contributed by atoms with Gasteiger partial charge in [0.25, 0.3) is 0 Å². The molecular weight excluding hydrogens is 356 g/mol. The summed E-state index contributed by atoms with van der Waals surface area (Å²) in [4.78, 5) is 0. The summed E-state index contributed by atoms with van der Waals surface area (Å²) in [5, 5.41) is 5.01. The Hall–Kier alpha value is -0.410. The molecule has 1 nitrogen and oxygen atoms in total. The van der Waals surface area contributed by atoms with Crippen molar-refractivity contribution in [2.45, 2.75) is 6.54 Å². The topological polar surface area (TPSA) is 12.0 Å². The molecule has 0 aliphatic carbocycles. The van der Waals surface area contributed by atoms with Gasteiger partial charge in [0.1, 0.15) is 0 Å². The number of hydrogen-bond acceptors (Lipinski definition) is 1. The normalized spacial score (nSPS) is 10.4. The Balaban J connectivity index is 2.11. The Kier molecular flexibility index (Phi) is 4.79. The number of halogens is 4. The number of rotatable bonds is 3. The molecule has 0 atom stereocenters. The van der Waals surface area contributed by atoms with Crippen LogP contribution < -0.4 is 5.32 Å². The molecule has 0 amide bonds. The van der Waals surface area contributed by atoms with Crippen LogP contribution >= 0.6 is 50.7 Å². The third kappa shape index (κ3) is 3.33. The molecule has 0 radical (unpaired) electrons. The smallest absolute Gasteiger partial charge is 0.0823 e. The predicted octanol–water partition coefficient (Wildman–Crippen LogP) is 6.02. The molecule has 1 N–H and O–H groups in total. The largest absolute Gasteiger partial charge is 0.380 e. The van der Waals surface area contributed by atoms with E-state index in [-0.39, 0.29) is 0 Å². The Morgan fingerprint density at radius 3 is 2.50 bits per heavy atom. The molecule has 0 spiro atoms. The van der Waals surface area contributed by atoms with Crippen LogP contribution in [-0.4, -0.2) is 0 Å². The summed E-state index contributed by atoms with van der Waals surface area (Å²) >= 11 is 21.4. The lowest BCUT2D eigenvalue weighted by Crippen LogP contribution is -2.00. The molecule has 2 aromatic carbocycles. The Morgan fingerprint density at radius 1 is 1.00 bits per heavy atom. The molecular formula is C13H9BrCl3N. The van der Waals surface area contributed by atoms with E-state index >= 15 is 0 Å². The molecule has 0 aliphatic rings. The highest BCUT2D eigenvalue weighted by Gasteiger charge is 2.04. The molecule has 0 saturated heterocycles. The lowest BCUT2D eigenvalue weighted by Gasteiger charge is -2.10. The number of benzene rings is 2. The maximum Gasteiger partial charge on any atom is 0.0823 e. The van der Waals surface area contributed by atoms with Crippen LogP contribution in [-0.2, 0) is 6.54 Å². The van der Waals surface area contributed by atoms with E-state index in [4.69, 9.17) is 34.8 Å². The van der Waals surface area contributed by atoms with Crippen LogP contribution in [0, 0.1) is 0 Å². The van der Waals surface area contributed by atoms with Crippen molar-refractivity contribution in [2.24, 2.45) is 0 Å². The van der Waals surface area contributed by atoms with E-state index in [0.29, 0.717) is 21.6 Å². The third-order valence-corrected chi connectivity index (χ3v) is 4.45. The minimum Gasteiger partial charge on any atom is -0.380 e. The summed E-state index contributed by atoms with van der Waals surface area (Å²) < 4.78 is 0.876. The molecule has 2 rings (SSSR count). The van der Waals surface area contributed by atoms with E-state index in [1.165, 1.54) is 0 Å². The fraction of sp³-hybridized carbons (Fsp3) is 0.0769. The molecule has 5 heteroatoms. The highest BCUT2D eigenvalue weighted by molar-refractivity contribution is 9.10. The van der Waals surface area contributed by atoms with Gasteiger partial charge in [-0.05, 0) is 45.8 Å². The minimum atomic E-state index is 0.534. The molecule has 0 aromatic heterocycles. The van der Waals surface area contributed by atoms with Crippen molar-refractivity contribution in [3.8, 4) is 0 Å². The number of anilines is 1. The highest BCUT2D eigenvalue weighted by Crippen LogP contribution is 2.30. The van der Waals surface area contributed by atoms with Crippen LogP contribution in [0.4, 0.5) is 5.69 Å². The average molecular weight is 365 g/mol. The van der Waals surface area contributed by atoms with Crippen LogP contribution in [0.5, 0.6) is 0 Å². The Morgan fingerprint density at radius 2 is 1.78 bits per heavy atom. The van der Waals surface area contributed by atoms with Gasteiger partial charge in [0.15, 0.2) is 0 Å². The SMILES string of the molecule is Clc1ccc(CNc2cccc(Cl)c2Cl)cc1Br. The predicted molar refractivity (Wildman–Crippen MR) is 82.9 cm³/mol. The fourth-order valence-corrected chi connectivity index (χ4v) is 2.40. The van der Waals surface area contributed by atoms with Crippen molar-refractivity contribution in [2.75, 3.05) is 5.32 Å². The van der Waals surface area contributed by atoms with E-state index < -0.39 is 0 Å². The van der Waals surface area contributed by atoms with Gasteiger partial charge in [-0.3, -0.25) is 0 Å². The lowest BCUT2D eigenvalue weighted by molar-refractivity contribution is 1.15. The van der Waals surface area contributed by atoms with Gasteiger partial charge in [-0.25, -0.2) is 0 Å². The second kappa shape index (κ2) is 6.16. The number of nitrogens with one attached hydrogen (secondary N) is 1. The Labute approximate surface area is 129 Å². The molecule has 0 heterocycles. The maximum atomic E-state index is 6.09. The van der Waals surface area contributed by atoms with Crippen LogP contribution in [0.25, 0.3) is 0 Å². The molecule has 18 heavy (non-hydrogen) atoms. The first-order valence-electron chi connectivity index (χ1n) is 5.20. The van der Waals surface area contributed by atoms with E-state index in [0.717, 1.165) is 15.7 Å². The van der Waals surface area contributed by atoms with E-state index in [2.05, 4.69) is 21.2 Å². The van der Waals surface area contributed by atoms with Crippen molar-refractivity contribution in [1.82, 2.24) is 0 Å². The van der Waals surface area contributed by atoms with Gasteiger partial charge in [0.2, 0.25) is 0 Å². The van der Waals surface area contributed by atoms with Gasteiger partial charge in [-0.1, -0.05) is 46.9 Å². The molecule has 0 fully saturated rings. The zero-order chi connectivity index (χ0) is 13.1.